The lowest BCUT2D eigenvalue weighted by Crippen LogP contribution is -2.18. The van der Waals surface area contributed by atoms with E-state index >= 15 is 0 Å². The predicted molar refractivity (Wildman–Crippen MR) is 67.4 cm³/mol. The molecule has 1 fully saturated rings. The number of hydrogen-bond acceptors (Lipinski definition) is 2. The van der Waals surface area contributed by atoms with Crippen LogP contribution in [-0.4, -0.2) is 23.9 Å². The Labute approximate surface area is 99.0 Å². The zero-order chi connectivity index (χ0) is 11.8. The van der Waals surface area contributed by atoms with Crippen LogP contribution in [0.15, 0.2) is 24.3 Å². The number of rotatable bonds is 6. The molecule has 2 unspecified atom stereocenters. The van der Waals surface area contributed by atoms with E-state index in [2.05, 4.69) is 6.58 Å². The minimum absolute atomic E-state index is 0.480. The molecule has 1 saturated heterocycles. The zero-order valence-corrected chi connectivity index (χ0v) is 10.3. The second kappa shape index (κ2) is 7.64. The van der Waals surface area contributed by atoms with Gasteiger partial charge in [0.2, 0.25) is 0 Å². The summed E-state index contributed by atoms with van der Waals surface area (Å²) in [6.45, 7) is 6.48. The Kier molecular flexibility index (Phi) is 6.43. The Balaban J connectivity index is 2.04. The normalized spacial score (nSPS) is 23.5. The van der Waals surface area contributed by atoms with E-state index < -0.39 is 6.10 Å². The molecule has 1 rings (SSSR count). The van der Waals surface area contributed by atoms with Crippen molar-refractivity contribution in [1.29, 1.82) is 0 Å². The average molecular weight is 224 g/mol. The van der Waals surface area contributed by atoms with Gasteiger partial charge in [-0.05, 0) is 51.0 Å². The van der Waals surface area contributed by atoms with E-state index in [4.69, 9.17) is 4.74 Å². The Morgan fingerprint density at radius 2 is 2.38 bits per heavy atom. The van der Waals surface area contributed by atoms with Crippen molar-refractivity contribution in [3.8, 4) is 0 Å². The van der Waals surface area contributed by atoms with Crippen LogP contribution in [0.4, 0.5) is 0 Å². The molecule has 0 amide bonds. The minimum Gasteiger partial charge on any atom is -0.385 e. The Bertz CT molecular complexity index is 227. The Morgan fingerprint density at radius 3 is 3.00 bits per heavy atom. The van der Waals surface area contributed by atoms with E-state index in [9.17, 15) is 5.11 Å². The maximum absolute atomic E-state index is 9.46. The zero-order valence-electron chi connectivity index (χ0n) is 10.3. The van der Waals surface area contributed by atoms with Crippen LogP contribution < -0.4 is 0 Å². The van der Waals surface area contributed by atoms with Gasteiger partial charge in [0.15, 0.2) is 0 Å². The van der Waals surface area contributed by atoms with Crippen LogP contribution in [0.2, 0.25) is 0 Å². The fourth-order valence-electron chi connectivity index (χ4n) is 1.89. The smallest absolute Gasteiger partial charge is 0.0926 e. The quantitative estimate of drug-likeness (QED) is 0.554. The number of aliphatic hydroxyl groups is 1. The summed E-state index contributed by atoms with van der Waals surface area (Å²) in [5, 5.41) is 9.46. The molecule has 92 valence electrons. The van der Waals surface area contributed by atoms with Gasteiger partial charge in [-0.2, -0.15) is 0 Å². The molecular weight excluding hydrogens is 200 g/mol. The van der Waals surface area contributed by atoms with E-state index in [0.717, 1.165) is 31.4 Å². The molecule has 0 spiro atoms. The molecule has 0 aliphatic carbocycles. The van der Waals surface area contributed by atoms with Crippen molar-refractivity contribution < 1.29 is 9.84 Å². The molecule has 1 aliphatic rings. The first kappa shape index (κ1) is 13.5. The first-order valence-corrected chi connectivity index (χ1v) is 6.32. The molecule has 0 aromatic carbocycles. The highest BCUT2D eigenvalue weighted by atomic mass is 16.5. The highest BCUT2D eigenvalue weighted by Gasteiger charge is 2.12. The second-order valence-corrected chi connectivity index (χ2v) is 4.64. The van der Waals surface area contributed by atoms with Gasteiger partial charge in [0.05, 0.1) is 12.2 Å². The summed E-state index contributed by atoms with van der Waals surface area (Å²) < 4.78 is 5.66. The summed E-state index contributed by atoms with van der Waals surface area (Å²) in [4.78, 5) is 0. The van der Waals surface area contributed by atoms with Crippen LogP contribution in [0.3, 0.4) is 0 Å². The average Bonchev–Trinajstić information content (AvgIpc) is 2.29. The van der Waals surface area contributed by atoms with Crippen molar-refractivity contribution in [1.82, 2.24) is 0 Å². The number of hydrogen-bond donors (Lipinski definition) is 1. The fourth-order valence-corrected chi connectivity index (χ4v) is 1.89. The molecule has 0 aromatic rings. The maximum atomic E-state index is 9.46. The largest absolute Gasteiger partial charge is 0.385 e. The van der Waals surface area contributed by atoms with Crippen molar-refractivity contribution in [2.75, 3.05) is 6.61 Å². The van der Waals surface area contributed by atoms with Crippen LogP contribution >= 0.6 is 0 Å². The lowest BCUT2D eigenvalue weighted by atomic mass is 10.0. The first-order chi connectivity index (χ1) is 7.70. The summed E-state index contributed by atoms with van der Waals surface area (Å²) in [7, 11) is 0. The van der Waals surface area contributed by atoms with Crippen molar-refractivity contribution >= 4 is 0 Å². The number of unbranched alkanes of at least 4 members (excludes halogenated alkanes) is 1. The highest BCUT2D eigenvalue weighted by Crippen LogP contribution is 2.17. The highest BCUT2D eigenvalue weighted by molar-refractivity contribution is 5.07. The minimum atomic E-state index is -0.481. The van der Waals surface area contributed by atoms with Crippen LogP contribution in [0, 0.1) is 0 Å². The van der Waals surface area contributed by atoms with Gasteiger partial charge in [-0.3, -0.25) is 0 Å². The first-order valence-electron chi connectivity index (χ1n) is 6.32. The molecule has 1 N–H and O–H groups in total. The van der Waals surface area contributed by atoms with Crippen LogP contribution in [0.1, 0.15) is 45.4 Å². The Morgan fingerprint density at radius 1 is 1.56 bits per heavy atom. The molecule has 2 nitrogen and oxygen atoms in total. The van der Waals surface area contributed by atoms with Crippen molar-refractivity contribution in [3.05, 3.63) is 24.3 Å². The van der Waals surface area contributed by atoms with Gasteiger partial charge in [-0.1, -0.05) is 18.7 Å². The Hall–Kier alpha value is -0.600. The van der Waals surface area contributed by atoms with Gasteiger partial charge in [-0.25, -0.2) is 0 Å². The standard InChI is InChI=1S/C14H24O2/c1-12(2)14(15)10-5-3-4-8-13-9-6-7-11-16-13/h5,10,13-15H,1,3-4,6-9,11H2,2H3/b10-5+. The number of aliphatic hydroxyl groups excluding tert-OH is 1. The summed E-state index contributed by atoms with van der Waals surface area (Å²) in [6, 6.07) is 0. The molecule has 2 atom stereocenters. The van der Waals surface area contributed by atoms with Crippen molar-refractivity contribution in [2.24, 2.45) is 0 Å². The fraction of sp³-hybridized carbons (Fsp3) is 0.714. The monoisotopic (exact) mass is 224 g/mol. The predicted octanol–water partition coefficient (Wildman–Crippen LogP) is 3.22. The van der Waals surface area contributed by atoms with Gasteiger partial charge in [0.25, 0.3) is 0 Å². The molecule has 1 aliphatic heterocycles. The molecule has 0 saturated carbocycles. The van der Waals surface area contributed by atoms with Gasteiger partial charge < -0.3 is 9.84 Å². The topological polar surface area (TPSA) is 29.5 Å². The third-order valence-corrected chi connectivity index (χ3v) is 2.99. The van der Waals surface area contributed by atoms with Crippen LogP contribution in [0.25, 0.3) is 0 Å². The summed E-state index contributed by atoms with van der Waals surface area (Å²) in [6.07, 6.45) is 10.9. The van der Waals surface area contributed by atoms with Gasteiger partial charge in [-0.15, -0.1) is 0 Å². The van der Waals surface area contributed by atoms with E-state index in [0.29, 0.717) is 6.10 Å². The molecule has 2 heteroatoms. The molecule has 0 bridgehead atoms. The third-order valence-electron chi connectivity index (χ3n) is 2.99. The summed E-state index contributed by atoms with van der Waals surface area (Å²) in [5.74, 6) is 0. The van der Waals surface area contributed by atoms with Crippen LogP contribution in [0.5, 0.6) is 0 Å². The van der Waals surface area contributed by atoms with E-state index in [-0.39, 0.29) is 0 Å². The van der Waals surface area contributed by atoms with Gasteiger partial charge in [0.1, 0.15) is 0 Å². The SMILES string of the molecule is C=C(C)C(O)/C=C/CCCC1CCCCO1. The summed E-state index contributed by atoms with van der Waals surface area (Å²) >= 11 is 0. The van der Waals surface area contributed by atoms with E-state index in [1.54, 1.807) is 0 Å². The molecule has 0 radical (unpaired) electrons. The maximum Gasteiger partial charge on any atom is 0.0926 e. The lowest BCUT2D eigenvalue weighted by molar-refractivity contribution is 0.0103. The second-order valence-electron chi connectivity index (χ2n) is 4.64. The molecule has 0 aromatic heterocycles. The van der Waals surface area contributed by atoms with E-state index in [1.807, 2.05) is 19.1 Å². The molecule has 16 heavy (non-hydrogen) atoms. The van der Waals surface area contributed by atoms with Crippen molar-refractivity contribution in [2.45, 2.75) is 57.7 Å². The summed E-state index contributed by atoms with van der Waals surface area (Å²) in [5.41, 5.74) is 0.798. The van der Waals surface area contributed by atoms with Gasteiger partial charge >= 0.3 is 0 Å². The number of ether oxygens (including phenoxy) is 1. The molecular formula is C14H24O2. The number of allylic oxidation sites excluding steroid dienone is 1. The third kappa shape index (κ3) is 5.47. The van der Waals surface area contributed by atoms with Crippen molar-refractivity contribution in [3.63, 3.8) is 0 Å². The van der Waals surface area contributed by atoms with Gasteiger partial charge in [0, 0.05) is 6.61 Å². The van der Waals surface area contributed by atoms with E-state index in [1.165, 1.54) is 19.3 Å². The molecule has 1 heterocycles. The van der Waals surface area contributed by atoms with Crippen LogP contribution in [-0.2, 0) is 4.74 Å². The lowest BCUT2D eigenvalue weighted by Gasteiger charge is -2.22.